The summed E-state index contributed by atoms with van der Waals surface area (Å²) in [5.41, 5.74) is 7.20. The van der Waals surface area contributed by atoms with E-state index in [-0.39, 0.29) is 0 Å². The summed E-state index contributed by atoms with van der Waals surface area (Å²) in [5.74, 6) is 0.682. The zero-order chi connectivity index (χ0) is 11.0. The van der Waals surface area contributed by atoms with Crippen molar-refractivity contribution in [2.24, 2.45) is 5.73 Å². The van der Waals surface area contributed by atoms with Crippen molar-refractivity contribution in [3.05, 3.63) is 36.0 Å². The first-order valence-corrected chi connectivity index (χ1v) is 5.70. The third-order valence-electron chi connectivity index (χ3n) is 2.27. The molecule has 0 radical (unpaired) electrons. The normalized spacial score (nSPS) is 11.1. The average Bonchev–Trinajstić information content (AvgIpc) is 2.95. The molecule has 2 heterocycles. The van der Waals surface area contributed by atoms with E-state index in [1.165, 1.54) is 0 Å². The fourth-order valence-corrected chi connectivity index (χ4v) is 2.40. The maximum absolute atomic E-state index is 5.48. The number of rotatable bonds is 2. The molecule has 5 heteroatoms. The van der Waals surface area contributed by atoms with Crippen LogP contribution in [0.2, 0.25) is 0 Å². The highest BCUT2D eigenvalue weighted by Gasteiger charge is 2.10. The van der Waals surface area contributed by atoms with E-state index in [0.29, 0.717) is 12.3 Å². The van der Waals surface area contributed by atoms with Crippen molar-refractivity contribution in [1.82, 2.24) is 10.1 Å². The van der Waals surface area contributed by atoms with Gasteiger partial charge in [-0.3, -0.25) is 0 Å². The van der Waals surface area contributed by atoms with Crippen molar-refractivity contribution in [3.8, 4) is 10.8 Å². The fraction of sp³-hybridized carbons (Fsp3) is 0.0909. The second-order valence-corrected chi connectivity index (χ2v) is 4.40. The highest BCUT2D eigenvalue weighted by atomic mass is 32.1. The van der Waals surface area contributed by atoms with E-state index < -0.39 is 0 Å². The van der Waals surface area contributed by atoms with Gasteiger partial charge in [-0.15, -0.1) is 11.3 Å². The van der Waals surface area contributed by atoms with Crippen LogP contribution in [-0.2, 0) is 6.54 Å². The molecule has 0 aliphatic rings. The third kappa shape index (κ3) is 1.50. The lowest BCUT2D eigenvalue weighted by molar-refractivity contribution is 0.424. The van der Waals surface area contributed by atoms with Crippen LogP contribution in [0.25, 0.3) is 21.0 Å². The first kappa shape index (κ1) is 9.50. The van der Waals surface area contributed by atoms with Gasteiger partial charge < -0.3 is 10.3 Å². The van der Waals surface area contributed by atoms with Crippen LogP contribution in [0.1, 0.15) is 5.69 Å². The molecule has 0 aliphatic carbocycles. The Morgan fingerprint density at radius 3 is 2.94 bits per heavy atom. The molecule has 80 valence electrons. The van der Waals surface area contributed by atoms with E-state index in [1.807, 2.05) is 30.3 Å². The molecule has 0 saturated carbocycles. The molecule has 0 fully saturated rings. The van der Waals surface area contributed by atoms with Crippen molar-refractivity contribution in [3.63, 3.8) is 0 Å². The summed E-state index contributed by atoms with van der Waals surface area (Å²) in [5, 5.41) is 4.69. The minimum Gasteiger partial charge on any atom is -0.353 e. The molecule has 4 nitrogen and oxygen atoms in total. The molecule has 16 heavy (non-hydrogen) atoms. The lowest BCUT2D eigenvalue weighted by atomic mass is 10.3. The third-order valence-corrected chi connectivity index (χ3v) is 3.32. The van der Waals surface area contributed by atoms with Crippen LogP contribution in [0.5, 0.6) is 0 Å². The molecule has 0 spiro atoms. The molecule has 2 aromatic heterocycles. The Hall–Kier alpha value is -1.72. The smallest absolute Gasteiger partial charge is 0.195 e. The number of hydrogen-bond donors (Lipinski definition) is 1. The van der Waals surface area contributed by atoms with Crippen molar-refractivity contribution in [1.29, 1.82) is 0 Å². The van der Waals surface area contributed by atoms with Crippen LogP contribution in [0.3, 0.4) is 0 Å². The molecule has 3 aromatic rings. The summed E-state index contributed by atoms with van der Waals surface area (Å²) < 4.78 is 6.33. The predicted octanol–water partition coefficient (Wildman–Crippen LogP) is 2.41. The predicted molar refractivity (Wildman–Crippen MR) is 63.0 cm³/mol. The van der Waals surface area contributed by atoms with Gasteiger partial charge in [-0.2, -0.15) is 0 Å². The number of aromatic nitrogens is 2. The fourth-order valence-electron chi connectivity index (χ4n) is 1.49. The largest absolute Gasteiger partial charge is 0.353 e. The van der Waals surface area contributed by atoms with Crippen molar-refractivity contribution >= 4 is 21.6 Å². The molecule has 1 aromatic carbocycles. The van der Waals surface area contributed by atoms with Crippen LogP contribution in [0.15, 0.2) is 34.9 Å². The Balaban J connectivity index is 2.11. The minimum atomic E-state index is 0.383. The number of hydrogen-bond acceptors (Lipinski definition) is 5. The Bertz CT molecular complexity index is 596. The number of para-hydroxylation sites is 1. The van der Waals surface area contributed by atoms with E-state index >= 15 is 0 Å². The first-order valence-electron chi connectivity index (χ1n) is 4.88. The van der Waals surface area contributed by atoms with E-state index in [9.17, 15) is 0 Å². The molecular weight excluding hydrogens is 222 g/mol. The molecule has 0 aliphatic heterocycles. The molecule has 0 saturated heterocycles. The summed E-state index contributed by atoms with van der Waals surface area (Å²) in [6.07, 6.45) is 0. The minimum absolute atomic E-state index is 0.383. The molecule has 0 atom stereocenters. The van der Waals surface area contributed by atoms with Gasteiger partial charge in [-0.1, -0.05) is 17.3 Å². The second-order valence-electron chi connectivity index (χ2n) is 3.37. The van der Waals surface area contributed by atoms with Gasteiger partial charge in [0, 0.05) is 12.6 Å². The van der Waals surface area contributed by atoms with E-state index in [2.05, 4.69) is 10.1 Å². The molecule has 0 amide bonds. The lowest BCUT2D eigenvalue weighted by Gasteiger charge is -1.82. The van der Waals surface area contributed by atoms with Crippen LogP contribution in [0, 0.1) is 0 Å². The quantitative estimate of drug-likeness (QED) is 0.735. The number of benzene rings is 1. The van der Waals surface area contributed by atoms with Crippen LogP contribution >= 0.6 is 11.3 Å². The second kappa shape index (κ2) is 3.70. The van der Waals surface area contributed by atoms with Crippen LogP contribution in [0.4, 0.5) is 0 Å². The zero-order valence-electron chi connectivity index (χ0n) is 8.38. The highest BCUT2D eigenvalue weighted by Crippen LogP contribution is 2.30. The van der Waals surface area contributed by atoms with E-state index in [0.717, 1.165) is 20.9 Å². The topological polar surface area (TPSA) is 64.9 Å². The van der Waals surface area contributed by atoms with Gasteiger partial charge in [0.1, 0.15) is 0 Å². The molecule has 0 bridgehead atoms. The van der Waals surface area contributed by atoms with Gasteiger partial charge in [-0.25, -0.2) is 4.98 Å². The van der Waals surface area contributed by atoms with Crippen molar-refractivity contribution < 1.29 is 4.52 Å². The van der Waals surface area contributed by atoms with Crippen molar-refractivity contribution in [2.45, 2.75) is 6.54 Å². The van der Waals surface area contributed by atoms with Gasteiger partial charge in [0.15, 0.2) is 10.8 Å². The maximum Gasteiger partial charge on any atom is 0.195 e. The number of thiazole rings is 1. The average molecular weight is 231 g/mol. The summed E-state index contributed by atoms with van der Waals surface area (Å²) in [4.78, 5) is 4.47. The Labute approximate surface area is 95.7 Å². The van der Waals surface area contributed by atoms with Gasteiger partial charge in [0.05, 0.1) is 15.9 Å². The van der Waals surface area contributed by atoms with Crippen molar-refractivity contribution in [2.75, 3.05) is 0 Å². The molecule has 3 rings (SSSR count). The maximum atomic E-state index is 5.48. The highest BCUT2D eigenvalue weighted by molar-refractivity contribution is 7.21. The monoisotopic (exact) mass is 231 g/mol. The Morgan fingerprint density at radius 2 is 2.19 bits per heavy atom. The molecule has 0 unspecified atom stereocenters. The summed E-state index contributed by atoms with van der Waals surface area (Å²) in [7, 11) is 0. The number of fused-ring (bicyclic) bond motifs is 1. The summed E-state index contributed by atoms with van der Waals surface area (Å²) in [6, 6.07) is 9.82. The van der Waals surface area contributed by atoms with Gasteiger partial charge in [-0.05, 0) is 12.1 Å². The van der Waals surface area contributed by atoms with E-state index in [1.54, 1.807) is 11.3 Å². The number of nitrogens with zero attached hydrogens (tertiary/aromatic N) is 2. The van der Waals surface area contributed by atoms with Gasteiger partial charge >= 0.3 is 0 Å². The Kier molecular flexibility index (Phi) is 2.19. The molecule has 2 N–H and O–H groups in total. The zero-order valence-corrected chi connectivity index (χ0v) is 9.20. The first-order chi connectivity index (χ1) is 7.86. The number of nitrogens with two attached hydrogens (primary N) is 1. The summed E-state index contributed by atoms with van der Waals surface area (Å²) in [6.45, 7) is 0.383. The SMILES string of the molecule is NCc1cc(-c2nc3ccccc3s2)on1. The Morgan fingerprint density at radius 1 is 1.31 bits per heavy atom. The summed E-state index contributed by atoms with van der Waals surface area (Å²) >= 11 is 1.59. The van der Waals surface area contributed by atoms with Crippen LogP contribution < -0.4 is 5.73 Å². The van der Waals surface area contributed by atoms with Crippen LogP contribution in [-0.4, -0.2) is 10.1 Å². The van der Waals surface area contributed by atoms with Gasteiger partial charge in [0.25, 0.3) is 0 Å². The lowest BCUT2D eigenvalue weighted by Crippen LogP contribution is -1.94. The standard InChI is InChI=1S/C11H9N3OS/c12-6-7-5-9(15-14-7)11-13-8-3-1-2-4-10(8)16-11/h1-5H,6,12H2. The van der Waals surface area contributed by atoms with Gasteiger partial charge in [0.2, 0.25) is 0 Å². The molecular formula is C11H9N3OS. The van der Waals surface area contributed by atoms with E-state index in [4.69, 9.17) is 10.3 Å².